The lowest BCUT2D eigenvalue weighted by atomic mass is 9.80. The lowest BCUT2D eigenvalue weighted by molar-refractivity contribution is 0.798. The molecule has 1 aromatic heterocycles. The summed E-state index contributed by atoms with van der Waals surface area (Å²) < 4.78 is 0. The maximum atomic E-state index is 5.59. The van der Waals surface area contributed by atoms with E-state index in [0.29, 0.717) is 11.8 Å². The Kier molecular flexibility index (Phi) is 3.75. The molecule has 172 valence electrons. The summed E-state index contributed by atoms with van der Waals surface area (Å²) in [5, 5.41) is 9.08. The third-order valence-electron chi connectivity index (χ3n) is 8.88. The highest BCUT2D eigenvalue weighted by Crippen LogP contribution is 2.61. The van der Waals surface area contributed by atoms with Crippen molar-refractivity contribution in [3.05, 3.63) is 138 Å². The van der Waals surface area contributed by atoms with Gasteiger partial charge in [0.1, 0.15) is 0 Å². The van der Waals surface area contributed by atoms with E-state index < -0.39 is 0 Å². The van der Waals surface area contributed by atoms with Crippen LogP contribution in [0, 0.1) is 0 Å². The third-order valence-corrected chi connectivity index (χ3v) is 8.88. The van der Waals surface area contributed by atoms with Crippen molar-refractivity contribution < 1.29 is 0 Å². The molecule has 6 aromatic carbocycles. The van der Waals surface area contributed by atoms with Crippen LogP contribution in [0.4, 0.5) is 0 Å². The molecule has 0 amide bonds. The average Bonchev–Trinajstić information content (AvgIpc) is 3.55. The number of nitrogens with zero attached hydrogens (tertiary/aromatic N) is 1. The quantitative estimate of drug-likeness (QED) is 0.218. The van der Waals surface area contributed by atoms with Gasteiger partial charge >= 0.3 is 0 Å². The van der Waals surface area contributed by atoms with Crippen molar-refractivity contribution in [3.8, 4) is 11.3 Å². The molecule has 0 saturated heterocycles. The summed E-state index contributed by atoms with van der Waals surface area (Å²) in [6.45, 7) is 0. The lowest BCUT2D eigenvalue weighted by Crippen LogP contribution is -2.08. The summed E-state index contributed by atoms with van der Waals surface area (Å²) in [5.41, 5.74) is 9.49. The highest BCUT2D eigenvalue weighted by Gasteiger charge is 2.44. The van der Waals surface area contributed by atoms with E-state index in [-0.39, 0.29) is 0 Å². The Balaban J connectivity index is 1.49. The smallest absolute Gasteiger partial charge is 0.0797 e. The predicted octanol–water partition coefficient (Wildman–Crippen LogP) is 9.34. The average molecular weight is 470 g/mol. The summed E-state index contributed by atoms with van der Waals surface area (Å²) in [6.07, 6.45) is 1.15. The van der Waals surface area contributed by atoms with Gasteiger partial charge in [-0.15, -0.1) is 0 Å². The summed E-state index contributed by atoms with van der Waals surface area (Å²) in [7, 11) is 0. The molecule has 2 bridgehead atoms. The van der Waals surface area contributed by atoms with E-state index in [4.69, 9.17) is 4.98 Å². The summed E-state index contributed by atoms with van der Waals surface area (Å²) in [4.78, 5) is 5.59. The molecule has 37 heavy (non-hydrogen) atoms. The van der Waals surface area contributed by atoms with Gasteiger partial charge in [0.2, 0.25) is 0 Å². The second-order valence-electron chi connectivity index (χ2n) is 10.6. The van der Waals surface area contributed by atoms with E-state index in [1.54, 1.807) is 0 Å². The van der Waals surface area contributed by atoms with Crippen molar-refractivity contribution >= 4 is 43.2 Å². The molecule has 9 rings (SSSR count). The molecule has 0 saturated carbocycles. The van der Waals surface area contributed by atoms with Gasteiger partial charge in [0.25, 0.3) is 0 Å². The van der Waals surface area contributed by atoms with Crippen molar-refractivity contribution in [1.82, 2.24) is 4.98 Å². The largest absolute Gasteiger partial charge is 0.247 e. The monoisotopic (exact) mass is 469 g/mol. The van der Waals surface area contributed by atoms with Gasteiger partial charge in [-0.05, 0) is 61.7 Å². The van der Waals surface area contributed by atoms with Gasteiger partial charge in [0.15, 0.2) is 0 Å². The van der Waals surface area contributed by atoms with Crippen LogP contribution >= 0.6 is 0 Å². The number of hydrogen-bond acceptors (Lipinski definition) is 1. The van der Waals surface area contributed by atoms with Gasteiger partial charge in [0, 0.05) is 28.2 Å². The van der Waals surface area contributed by atoms with E-state index in [1.807, 2.05) is 0 Å². The zero-order valence-corrected chi connectivity index (χ0v) is 20.3. The standard InChI is InChI=1S/C36H23N/c1-2-10-22-19-23(18-17-21(22)9-1)35-34-31-20-30(26-13-3-4-14-27(26)31)32(34)33-28-15-7-5-11-24(28)25-12-6-8-16-29(25)36(33)37-35/h1-19,30-31H,20H2. The normalized spacial score (nSPS) is 17.6. The molecule has 2 unspecified atom stereocenters. The molecule has 0 fully saturated rings. The Morgan fingerprint density at radius 2 is 1.11 bits per heavy atom. The fourth-order valence-electron chi connectivity index (χ4n) is 7.40. The predicted molar refractivity (Wildman–Crippen MR) is 154 cm³/mol. The minimum absolute atomic E-state index is 0.403. The van der Waals surface area contributed by atoms with Crippen LogP contribution in [0.2, 0.25) is 0 Å². The molecule has 2 atom stereocenters. The van der Waals surface area contributed by atoms with Crippen molar-refractivity contribution in [2.45, 2.75) is 18.3 Å². The second-order valence-corrected chi connectivity index (χ2v) is 10.6. The Morgan fingerprint density at radius 1 is 0.514 bits per heavy atom. The SMILES string of the molecule is c1ccc2c(c1)C1CC2c2c1c(-c1ccc3ccccc3c1)nc1c3ccccc3c3ccccc3c21. The zero-order chi connectivity index (χ0) is 24.1. The van der Waals surface area contributed by atoms with Gasteiger partial charge in [-0.25, -0.2) is 4.98 Å². The molecule has 2 aliphatic rings. The minimum atomic E-state index is 0.403. The first-order chi connectivity index (χ1) is 18.4. The first-order valence-electron chi connectivity index (χ1n) is 13.2. The van der Waals surface area contributed by atoms with E-state index >= 15 is 0 Å². The fraction of sp³-hybridized carbons (Fsp3) is 0.0833. The molecular formula is C36H23N. The molecule has 0 spiro atoms. The molecular weight excluding hydrogens is 446 g/mol. The van der Waals surface area contributed by atoms with Crippen molar-refractivity contribution in [2.24, 2.45) is 0 Å². The minimum Gasteiger partial charge on any atom is -0.247 e. The third kappa shape index (κ3) is 2.51. The van der Waals surface area contributed by atoms with Gasteiger partial charge in [-0.3, -0.25) is 0 Å². The summed E-state index contributed by atoms with van der Waals surface area (Å²) in [6, 6.07) is 42.4. The van der Waals surface area contributed by atoms with Crippen LogP contribution in [0.1, 0.15) is 40.5 Å². The zero-order valence-electron chi connectivity index (χ0n) is 20.3. The van der Waals surface area contributed by atoms with Crippen molar-refractivity contribution in [3.63, 3.8) is 0 Å². The number of aromatic nitrogens is 1. The number of fused-ring (bicyclic) bond motifs is 16. The van der Waals surface area contributed by atoms with Gasteiger partial charge in [0.05, 0.1) is 11.2 Å². The first-order valence-corrected chi connectivity index (χ1v) is 13.2. The van der Waals surface area contributed by atoms with Gasteiger partial charge < -0.3 is 0 Å². The summed E-state index contributed by atoms with van der Waals surface area (Å²) in [5.74, 6) is 0.824. The molecule has 7 aromatic rings. The maximum absolute atomic E-state index is 5.59. The molecule has 1 heterocycles. The van der Waals surface area contributed by atoms with E-state index in [9.17, 15) is 0 Å². The molecule has 0 radical (unpaired) electrons. The molecule has 1 nitrogen and oxygen atoms in total. The van der Waals surface area contributed by atoms with Crippen molar-refractivity contribution in [1.29, 1.82) is 0 Å². The number of hydrogen-bond donors (Lipinski definition) is 0. The highest BCUT2D eigenvalue weighted by molar-refractivity contribution is 6.25. The van der Waals surface area contributed by atoms with Gasteiger partial charge in [-0.1, -0.05) is 109 Å². The highest BCUT2D eigenvalue weighted by atomic mass is 14.7. The Labute approximate surface area is 215 Å². The Hall–Kier alpha value is -4.49. The maximum Gasteiger partial charge on any atom is 0.0797 e. The van der Waals surface area contributed by atoms with Crippen molar-refractivity contribution in [2.75, 3.05) is 0 Å². The number of rotatable bonds is 1. The second kappa shape index (κ2) is 7.05. The van der Waals surface area contributed by atoms with E-state index in [0.717, 1.165) is 17.6 Å². The van der Waals surface area contributed by atoms with Gasteiger partial charge in [-0.2, -0.15) is 0 Å². The van der Waals surface area contributed by atoms with Crippen LogP contribution in [0.5, 0.6) is 0 Å². The molecule has 2 aliphatic carbocycles. The summed E-state index contributed by atoms with van der Waals surface area (Å²) >= 11 is 0. The Morgan fingerprint density at radius 3 is 1.89 bits per heavy atom. The van der Waals surface area contributed by atoms with Crippen LogP contribution in [0.25, 0.3) is 54.5 Å². The molecule has 0 N–H and O–H groups in total. The van der Waals surface area contributed by atoms with E-state index in [2.05, 4.69) is 115 Å². The van der Waals surface area contributed by atoms with E-state index in [1.165, 1.54) is 65.5 Å². The number of benzene rings is 6. The lowest BCUT2D eigenvalue weighted by Gasteiger charge is -2.25. The molecule has 1 heteroatoms. The van der Waals surface area contributed by atoms with Crippen LogP contribution < -0.4 is 0 Å². The van der Waals surface area contributed by atoms with Crippen LogP contribution in [-0.4, -0.2) is 4.98 Å². The van der Waals surface area contributed by atoms with Crippen LogP contribution in [-0.2, 0) is 0 Å². The van der Waals surface area contributed by atoms with Crippen LogP contribution in [0.3, 0.4) is 0 Å². The topological polar surface area (TPSA) is 12.9 Å². The first kappa shape index (κ1) is 19.7. The van der Waals surface area contributed by atoms with Crippen LogP contribution in [0.15, 0.2) is 115 Å². The fourth-order valence-corrected chi connectivity index (χ4v) is 7.40. The molecule has 0 aliphatic heterocycles. The number of pyridine rings is 1. The Bertz CT molecular complexity index is 2080.